The van der Waals surface area contributed by atoms with Crippen LogP contribution in [0.2, 0.25) is 5.02 Å². The molecule has 1 aromatic carbocycles. The van der Waals surface area contributed by atoms with Gasteiger partial charge >= 0.3 is 5.97 Å². The van der Waals surface area contributed by atoms with Gasteiger partial charge in [0.2, 0.25) is 0 Å². The highest BCUT2D eigenvalue weighted by Gasteiger charge is 2.13. The molecule has 0 aliphatic carbocycles. The Morgan fingerprint density at radius 3 is 3.00 bits per heavy atom. The molecule has 19 heavy (non-hydrogen) atoms. The lowest BCUT2D eigenvalue weighted by Gasteiger charge is -2.09. The van der Waals surface area contributed by atoms with Crippen molar-refractivity contribution in [3.8, 4) is 5.75 Å². The highest BCUT2D eigenvalue weighted by Crippen LogP contribution is 2.23. The van der Waals surface area contributed by atoms with Crippen molar-refractivity contribution in [2.45, 2.75) is 20.1 Å². The van der Waals surface area contributed by atoms with Gasteiger partial charge in [0.15, 0.2) is 5.82 Å². The first-order valence-electron chi connectivity index (χ1n) is 5.64. The molecule has 0 aliphatic heterocycles. The van der Waals surface area contributed by atoms with Crippen molar-refractivity contribution in [3.05, 3.63) is 40.9 Å². The maximum atomic E-state index is 11.1. The zero-order valence-corrected chi connectivity index (χ0v) is 11.0. The molecule has 100 valence electrons. The van der Waals surface area contributed by atoms with Crippen LogP contribution in [-0.2, 0) is 13.2 Å². The lowest BCUT2D eigenvalue weighted by molar-refractivity contribution is 0.0691. The van der Waals surface area contributed by atoms with Gasteiger partial charge in [-0.2, -0.15) is 5.10 Å². The Labute approximate surface area is 114 Å². The van der Waals surface area contributed by atoms with E-state index >= 15 is 0 Å². The van der Waals surface area contributed by atoms with E-state index in [1.54, 1.807) is 10.7 Å². The van der Waals surface area contributed by atoms with Crippen LogP contribution in [0.3, 0.4) is 0 Å². The minimum absolute atomic E-state index is 0.0232. The molecule has 0 radical (unpaired) electrons. The number of carboxylic acids is 1. The van der Waals surface area contributed by atoms with Crippen LogP contribution in [-0.4, -0.2) is 25.8 Å². The number of aromatic carboxylic acids is 1. The summed E-state index contributed by atoms with van der Waals surface area (Å²) in [5, 5.41) is 13.4. The predicted molar refractivity (Wildman–Crippen MR) is 68.4 cm³/mol. The van der Waals surface area contributed by atoms with Crippen molar-refractivity contribution in [3.63, 3.8) is 0 Å². The van der Waals surface area contributed by atoms with Gasteiger partial charge in [-0.3, -0.25) is 0 Å². The van der Waals surface area contributed by atoms with Crippen LogP contribution in [0, 0.1) is 0 Å². The summed E-state index contributed by atoms with van der Waals surface area (Å²) < 4.78 is 7.15. The summed E-state index contributed by atoms with van der Waals surface area (Å²) in [5.74, 6) is -0.203. The fraction of sp³-hybridized carbons (Fsp3) is 0.250. The van der Waals surface area contributed by atoms with Crippen molar-refractivity contribution in [2.24, 2.45) is 0 Å². The van der Waals surface area contributed by atoms with Gasteiger partial charge in [-0.1, -0.05) is 11.6 Å². The molecule has 2 rings (SSSR count). The highest BCUT2D eigenvalue weighted by molar-refractivity contribution is 6.31. The molecule has 0 amide bonds. The van der Waals surface area contributed by atoms with Gasteiger partial charge in [0.1, 0.15) is 24.2 Å². The molecule has 0 bridgehead atoms. The van der Waals surface area contributed by atoms with Gasteiger partial charge in [0.05, 0.1) is 0 Å². The zero-order valence-electron chi connectivity index (χ0n) is 10.2. The molecule has 6 nitrogen and oxygen atoms in total. The number of benzene rings is 1. The van der Waals surface area contributed by atoms with Crippen LogP contribution in [0.4, 0.5) is 0 Å². The molecule has 2 aromatic rings. The van der Waals surface area contributed by atoms with Crippen LogP contribution < -0.4 is 4.74 Å². The number of hydrogen-bond donors (Lipinski definition) is 1. The lowest BCUT2D eigenvalue weighted by Crippen LogP contribution is -2.09. The van der Waals surface area contributed by atoms with E-state index in [9.17, 15) is 4.79 Å². The Hall–Kier alpha value is -2.08. The van der Waals surface area contributed by atoms with Crippen molar-refractivity contribution in [1.29, 1.82) is 0 Å². The third kappa shape index (κ3) is 3.03. The first-order chi connectivity index (χ1) is 9.11. The smallest absolute Gasteiger partial charge is 0.339 e. The number of carboxylic acid groups (broad SMARTS) is 1. The van der Waals surface area contributed by atoms with E-state index < -0.39 is 5.97 Å². The minimum atomic E-state index is -1.09. The topological polar surface area (TPSA) is 77.2 Å². The molecule has 0 atom stereocenters. The summed E-state index contributed by atoms with van der Waals surface area (Å²) in [5.41, 5.74) is 0.0232. The number of aryl methyl sites for hydroxylation is 1. The zero-order chi connectivity index (χ0) is 13.8. The maximum Gasteiger partial charge on any atom is 0.339 e. The number of hydrogen-bond acceptors (Lipinski definition) is 4. The standard InChI is InChI=1S/C12H12ClN3O3/c1-2-16-11(14-7-15-16)6-19-10-4-3-8(13)5-9(10)12(17)18/h3-5,7H,2,6H2,1H3,(H,17,18). The molecule has 1 heterocycles. The molecule has 0 saturated carbocycles. The van der Waals surface area contributed by atoms with Crippen molar-refractivity contribution in [2.75, 3.05) is 0 Å². The molecular weight excluding hydrogens is 270 g/mol. The van der Waals surface area contributed by atoms with Crippen LogP contribution >= 0.6 is 11.6 Å². The van der Waals surface area contributed by atoms with Crippen LogP contribution in [0.25, 0.3) is 0 Å². The fourth-order valence-corrected chi connectivity index (χ4v) is 1.77. The second-order valence-electron chi connectivity index (χ2n) is 3.73. The fourth-order valence-electron chi connectivity index (χ4n) is 1.60. The minimum Gasteiger partial charge on any atom is -0.485 e. The number of nitrogens with zero attached hydrogens (tertiary/aromatic N) is 3. The van der Waals surface area contributed by atoms with E-state index in [0.717, 1.165) is 0 Å². The molecule has 0 fully saturated rings. The van der Waals surface area contributed by atoms with Crippen LogP contribution in [0.1, 0.15) is 23.1 Å². The first-order valence-corrected chi connectivity index (χ1v) is 6.02. The second-order valence-corrected chi connectivity index (χ2v) is 4.16. The molecule has 1 N–H and O–H groups in total. The van der Waals surface area contributed by atoms with E-state index in [-0.39, 0.29) is 17.9 Å². The van der Waals surface area contributed by atoms with Crippen molar-refractivity contribution < 1.29 is 14.6 Å². The largest absolute Gasteiger partial charge is 0.485 e. The average Bonchev–Trinajstić information content (AvgIpc) is 2.84. The van der Waals surface area contributed by atoms with Crippen molar-refractivity contribution in [1.82, 2.24) is 14.8 Å². The van der Waals surface area contributed by atoms with E-state index in [4.69, 9.17) is 21.4 Å². The normalized spacial score (nSPS) is 10.4. The summed E-state index contributed by atoms with van der Waals surface area (Å²) in [6, 6.07) is 4.45. The Balaban J connectivity index is 2.18. The van der Waals surface area contributed by atoms with E-state index in [2.05, 4.69) is 10.1 Å². The lowest BCUT2D eigenvalue weighted by atomic mass is 10.2. The van der Waals surface area contributed by atoms with E-state index in [1.807, 2.05) is 6.92 Å². The van der Waals surface area contributed by atoms with Crippen LogP contribution in [0.15, 0.2) is 24.5 Å². The SMILES string of the molecule is CCn1ncnc1COc1ccc(Cl)cc1C(=O)O. The predicted octanol–water partition coefficient (Wildman–Crippen LogP) is 2.23. The molecule has 7 heteroatoms. The van der Waals surface area contributed by atoms with E-state index in [0.29, 0.717) is 17.4 Å². The molecular formula is C12H12ClN3O3. The second kappa shape index (κ2) is 5.71. The first kappa shape index (κ1) is 13.4. The molecule has 0 saturated heterocycles. The quantitative estimate of drug-likeness (QED) is 0.909. The summed E-state index contributed by atoms with van der Waals surface area (Å²) in [7, 11) is 0. The van der Waals surface area contributed by atoms with Gasteiger partial charge < -0.3 is 9.84 Å². The molecule has 1 aromatic heterocycles. The van der Waals surface area contributed by atoms with E-state index in [1.165, 1.54) is 18.5 Å². The third-order valence-electron chi connectivity index (χ3n) is 2.52. The van der Waals surface area contributed by atoms with Gasteiger partial charge in [-0.25, -0.2) is 14.5 Å². The third-order valence-corrected chi connectivity index (χ3v) is 2.76. The number of rotatable bonds is 5. The molecule has 0 spiro atoms. The highest BCUT2D eigenvalue weighted by atomic mass is 35.5. The Morgan fingerprint density at radius 2 is 2.32 bits per heavy atom. The summed E-state index contributed by atoms with van der Waals surface area (Å²) >= 11 is 5.76. The van der Waals surface area contributed by atoms with Gasteiger partial charge in [-0.05, 0) is 25.1 Å². The Morgan fingerprint density at radius 1 is 1.53 bits per heavy atom. The monoisotopic (exact) mass is 281 g/mol. The summed E-state index contributed by atoms with van der Waals surface area (Å²) in [4.78, 5) is 15.1. The summed E-state index contributed by atoms with van der Waals surface area (Å²) in [6.45, 7) is 2.75. The van der Waals surface area contributed by atoms with Gasteiger partial charge in [0.25, 0.3) is 0 Å². The number of halogens is 1. The van der Waals surface area contributed by atoms with Gasteiger partial charge in [0, 0.05) is 11.6 Å². The number of aromatic nitrogens is 3. The summed E-state index contributed by atoms with van der Waals surface area (Å²) in [6.07, 6.45) is 1.43. The Kier molecular flexibility index (Phi) is 4.01. The number of ether oxygens (including phenoxy) is 1. The Bertz CT molecular complexity index is 598. The maximum absolute atomic E-state index is 11.1. The number of carbonyl (C=O) groups is 1. The average molecular weight is 282 g/mol. The molecule has 0 unspecified atom stereocenters. The van der Waals surface area contributed by atoms with Gasteiger partial charge in [-0.15, -0.1) is 0 Å². The molecule has 0 aliphatic rings. The van der Waals surface area contributed by atoms with Crippen molar-refractivity contribution >= 4 is 17.6 Å². The van der Waals surface area contributed by atoms with Crippen LogP contribution in [0.5, 0.6) is 5.75 Å².